The minimum Gasteiger partial charge on any atom is -0.321 e. The highest BCUT2D eigenvalue weighted by Crippen LogP contribution is 2.16. The van der Waals surface area contributed by atoms with E-state index < -0.39 is 0 Å². The highest BCUT2D eigenvalue weighted by atomic mass is 15.0. The standard InChI is InChI=1S/C13H15N/c1-3-12-9-10-14(11(12)2)13-7-5-4-6-8-13/h4-10H,3H2,1-2H3. The molecule has 1 aromatic heterocycles. The number of para-hydroxylation sites is 1. The first-order valence-corrected chi connectivity index (χ1v) is 5.05. The average molecular weight is 185 g/mol. The van der Waals surface area contributed by atoms with Crippen LogP contribution < -0.4 is 0 Å². The van der Waals surface area contributed by atoms with Gasteiger partial charge in [-0.05, 0) is 37.1 Å². The van der Waals surface area contributed by atoms with E-state index in [2.05, 4.69) is 54.9 Å². The molecule has 0 aliphatic heterocycles. The SMILES string of the molecule is CCc1ccn(-c2ccccc2)c1C. The molecule has 72 valence electrons. The number of rotatable bonds is 2. The molecule has 0 N–H and O–H groups in total. The third kappa shape index (κ3) is 1.46. The van der Waals surface area contributed by atoms with Crippen molar-refractivity contribution in [3.8, 4) is 5.69 Å². The lowest BCUT2D eigenvalue weighted by molar-refractivity contribution is 0.985. The Morgan fingerprint density at radius 1 is 1.07 bits per heavy atom. The van der Waals surface area contributed by atoms with E-state index in [4.69, 9.17) is 0 Å². The molecule has 2 aromatic rings. The van der Waals surface area contributed by atoms with Crippen molar-refractivity contribution >= 4 is 0 Å². The molecular weight excluding hydrogens is 170 g/mol. The van der Waals surface area contributed by atoms with Gasteiger partial charge in [0.1, 0.15) is 0 Å². The van der Waals surface area contributed by atoms with Gasteiger partial charge in [0, 0.05) is 17.6 Å². The molecule has 0 saturated heterocycles. The molecule has 0 aliphatic carbocycles. The Morgan fingerprint density at radius 2 is 1.79 bits per heavy atom. The Kier molecular flexibility index (Phi) is 2.40. The quantitative estimate of drug-likeness (QED) is 0.676. The minimum absolute atomic E-state index is 1.10. The monoisotopic (exact) mass is 185 g/mol. The molecule has 0 fully saturated rings. The summed E-state index contributed by atoms with van der Waals surface area (Å²) in [4.78, 5) is 0. The van der Waals surface area contributed by atoms with Crippen molar-refractivity contribution < 1.29 is 0 Å². The van der Waals surface area contributed by atoms with Gasteiger partial charge in [-0.15, -0.1) is 0 Å². The van der Waals surface area contributed by atoms with Crippen LogP contribution in [0.25, 0.3) is 5.69 Å². The Labute approximate surface area is 85.0 Å². The molecule has 1 nitrogen and oxygen atoms in total. The summed E-state index contributed by atoms with van der Waals surface area (Å²) in [5, 5.41) is 0. The van der Waals surface area contributed by atoms with Crippen LogP contribution in [-0.4, -0.2) is 4.57 Å². The second-order valence-corrected chi connectivity index (χ2v) is 3.49. The van der Waals surface area contributed by atoms with Crippen molar-refractivity contribution in [2.75, 3.05) is 0 Å². The van der Waals surface area contributed by atoms with Crippen LogP contribution in [0.5, 0.6) is 0 Å². The number of aromatic nitrogens is 1. The predicted molar refractivity (Wildman–Crippen MR) is 59.9 cm³/mol. The van der Waals surface area contributed by atoms with Crippen molar-refractivity contribution in [2.45, 2.75) is 20.3 Å². The van der Waals surface area contributed by atoms with E-state index in [0.29, 0.717) is 0 Å². The van der Waals surface area contributed by atoms with Crippen LogP contribution in [-0.2, 0) is 6.42 Å². The molecule has 1 heteroatoms. The lowest BCUT2D eigenvalue weighted by atomic mass is 10.2. The van der Waals surface area contributed by atoms with Crippen LogP contribution in [0.15, 0.2) is 42.6 Å². The fourth-order valence-corrected chi connectivity index (χ4v) is 1.79. The first-order chi connectivity index (χ1) is 6.83. The fraction of sp³-hybridized carbons (Fsp3) is 0.231. The van der Waals surface area contributed by atoms with Crippen molar-refractivity contribution in [3.63, 3.8) is 0 Å². The average Bonchev–Trinajstić information content (AvgIpc) is 2.61. The lowest BCUT2D eigenvalue weighted by Crippen LogP contribution is -1.95. The van der Waals surface area contributed by atoms with E-state index in [9.17, 15) is 0 Å². The van der Waals surface area contributed by atoms with Gasteiger partial charge >= 0.3 is 0 Å². The molecule has 1 aromatic carbocycles. The summed E-state index contributed by atoms with van der Waals surface area (Å²) in [5.41, 5.74) is 4.01. The third-order valence-electron chi connectivity index (χ3n) is 2.67. The van der Waals surface area contributed by atoms with E-state index >= 15 is 0 Å². The first kappa shape index (κ1) is 9.07. The number of hydrogen-bond donors (Lipinski definition) is 0. The van der Waals surface area contributed by atoms with Gasteiger partial charge in [-0.2, -0.15) is 0 Å². The van der Waals surface area contributed by atoms with E-state index in [0.717, 1.165) is 6.42 Å². The summed E-state index contributed by atoms with van der Waals surface area (Å²) in [7, 11) is 0. The number of hydrogen-bond acceptors (Lipinski definition) is 0. The summed E-state index contributed by atoms with van der Waals surface area (Å²) in [5.74, 6) is 0. The molecule has 0 bridgehead atoms. The fourth-order valence-electron chi connectivity index (χ4n) is 1.79. The van der Waals surface area contributed by atoms with Crippen LogP contribution in [0.4, 0.5) is 0 Å². The van der Waals surface area contributed by atoms with E-state index in [1.165, 1.54) is 16.9 Å². The van der Waals surface area contributed by atoms with E-state index in [1.807, 2.05) is 6.07 Å². The third-order valence-corrected chi connectivity index (χ3v) is 2.67. The van der Waals surface area contributed by atoms with Gasteiger partial charge in [0.2, 0.25) is 0 Å². The van der Waals surface area contributed by atoms with E-state index in [1.54, 1.807) is 0 Å². The van der Waals surface area contributed by atoms with Crippen LogP contribution in [0.3, 0.4) is 0 Å². The van der Waals surface area contributed by atoms with Gasteiger partial charge in [0.15, 0.2) is 0 Å². The summed E-state index contributed by atoms with van der Waals surface area (Å²) < 4.78 is 2.23. The summed E-state index contributed by atoms with van der Waals surface area (Å²) in [6.45, 7) is 4.36. The van der Waals surface area contributed by atoms with Crippen LogP contribution in [0.1, 0.15) is 18.2 Å². The summed E-state index contributed by atoms with van der Waals surface area (Å²) in [6.07, 6.45) is 3.25. The molecule has 0 radical (unpaired) electrons. The Bertz CT molecular complexity index is 412. The predicted octanol–water partition coefficient (Wildman–Crippen LogP) is 3.35. The second kappa shape index (κ2) is 3.70. The molecule has 14 heavy (non-hydrogen) atoms. The zero-order valence-corrected chi connectivity index (χ0v) is 8.70. The molecule has 1 heterocycles. The van der Waals surface area contributed by atoms with Crippen molar-refractivity contribution in [1.82, 2.24) is 4.57 Å². The minimum atomic E-state index is 1.10. The number of nitrogens with zero attached hydrogens (tertiary/aromatic N) is 1. The van der Waals surface area contributed by atoms with Gasteiger partial charge < -0.3 is 4.57 Å². The molecule has 0 atom stereocenters. The lowest BCUT2D eigenvalue weighted by Gasteiger charge is -2.06. The first-order valence-electron chi connectivity index (χ1n) is 5.05. The second-order valence-electron chi connectivity index (χ2n) is 3.49. The summed E-state index contributed by atoms with van der Waals surface area (Å²) >= 11 is 0. The molecule has 0 spiro atoms. The molecular formula is C13H15N. The van der Waals surface area contributed by atoms with Gasteiger partial charge in [-0.3, -0.25) is 0 Å². The Hall–Kier alpha value is -1.50. The Balaban J connectivity index is 2.48. The highest BCUT2D eigenvalue weighted by molar-refractivity contribution is 5.37. The Morgan fingerprint density at radius 3 is 2.36 bits per heavy atom. The van der Waals surface area contributed by atoms with Gasteiger partial charge in [0.05, 0.1) is 0 Å². The van der Waals surface area contributed by atoms with Crippen molar-refractivity contribution in [1.29, 1.82) is 0 Å². The molecule has 2 rings (SSSR count). The topological polar surface area (TPSA) is 4.93 Å². The zero-order chi connectivity index (χ0) is 9.97. The highest BCUT2D eigenvalue weighted by Gasteiger charge is 2.03. The molecule has 0 amide bonds. The molecule has 0 saturated carbocycles. The smallest absolute Gasteiger partial charge is 0.0452 e. The maximum atomic E-state index is 2.23. The van der Waals surface area contributed by atoms with Crippen molar-refractivity contribution in [2.24, 2.45) is 0 Å². The maximum absolute atomic E-state index is 2.23. The van der Waals surface area contributed by atoms with Gasteiger partial charge in [-0.25, -0.2) is 0 Å². The van der Waals surface area contributed by atoms with Crippen LogP contribution >= 0.6 is 0 Å². The van der Waals surface area contributed by atoms with Gasteiger partial charge in [-0.1, -0.05) is 25.1 Å². The summed E-state index contributed by atoms with van der Waals surface area (Å²) in [6, 6.07) is 12.6. The maximum Gasteiger partial charge on any atom is 0.0452 e. The molecule has 0 unspecified atom stereocenters. The van der Waals surface area contributed by atoms with Crippen molar-refractivity contribution in [3.05, 3.63) is 53.9 Å². The van der Waals surface area contributed by atoms with Gasteiger partial charge in [0.25, 0.3) is 0 Å². The van der Waals surface area contributed by atoms with Crippen LogP contribution in [0.2, 0.25) is 0 Å². The number of aryl methyl sites for hydroxylation is 1. The normalized spacial score (nSPS) is 10.4. The molecule has 0 aliphatic rings. The van der Waals surface area contributed by atoms with Crippen LogP contribution in [0, 0.1) is 6.92 Å². The zero-order valence-electron chi connectivity index (χ0n) is 8.70. The largest absolute Gasteiger partial charge is 0.321 e. The number of benzene rings is 1. The van der Waals surface area contributed by atoms with E-state index in [-0.39, 0.29) is 0 Å².